The van der Waals surface area contributed by atoms with Gasteiger partial charge in [-0.15, -0.1) is 0 Å². The highest BCUT2D eigenvalue weighted by Crippen LogP contribution is 2.20. The van der Waals surface area contributed by atoms with Gasteiger partial charge in [-0.25, -0.2) is 8.42 Å². The lowest BCUT2D eigenvalue weighted by Crippen LogP contribution is -2.43. The molecule has 0 saturated heterocycles. The van der Waals surface area contributed by atoms with Gasteiger partial charge in [0.25, 0.3) is 0 Å². The lowest BCUT2D eigenvalue weighted by Gasteiger charge is -2.13. The Morgan fingerprint density at radius 1 is 1.30 bits per heavy atom. The zero-order chi connectivity index (χ0) is 15.3. The summed E-state index contributed by atoms with van der Waals surface area (Å²) in [6, 6.07) is 4.73. The number of hydrogen-bond donors (Lipinski definition) is 3. The summed E-state index contributed by atoms with van der Waals surface area (Å²) in [6.07, 6.45) is 0.940. The number of carboxylic acids is 1. The van der Waals surface area contributed by atoms with E-state index in [1.807, 2.05) is 18.6 Å². The molecule has 7 heteroatoms. The largest absolute Gasteiger partial charge is 0.480 e. The molecule has 0 spiro atoms. The number of aliphatic hydroxyl groups is 1. The second kappa shape index (κ2) is 6.83. The average Bonchev–Trinajstić information content (AvgIpc) is 2.43. The lowest BCUT2D eigenvalue weighted by molar-refractivity contribution is -0.139. The van der Waals surface area contributed by atoms with E-state index in [4.69, 9.17) is 10.2 Å². The number of carbonyl (C=O) groups is 1. The van der Waals surface area contributed by atoms with E-state index in [0.29, 0.717) is 5.92 Å². The van der Waals surface area contributed by atoms with E-state index < -0.39 is 28.6 Å². The number of carboxylic acid groups (broad SMARTS) is 1. The Morgan fingerprint density at radius 3 is 2.25 bits per heavy atom. The van der Waals surface area contributed by atoms with Gasteiger partial charge in [-0.1, -0.05) is 26.0 Å². The van der Waals surface area contributed by atoms with Crippen LogP contribution in [0.25, 0.3) is 0 Å². The second-order valence-corrected chi connectivity index (χ2v) is 6.29. The minimum atomic E-state index is -3.96. The first kappa shape index (κ1) is 16.6. The van der Waals surface area contributed by atoms with Crippen LogP contribution < -0.4 is 4.72 Å². The number of hydrogen-bond acceptors (Lipinski definition) is 4. The molecule has 2 unspecified atom stereocenters. The molecule has 0 heterocycles. The standard InChI is InChI=1S/C13H19NO5S/c1-3-9(2)10-4-6-11(7-5-10)20(18,19)14-12(8-15)13(16)17/h4-7,9,12,14-15H,3,8H2,1-2H3,(H,16,17). The summed E-state index contributed by atoms with van der Waals surface area (Å²) >= 11 is 0. The molecule has 0 aromatic heterocycles. The van der Waals surface area contributed by atoms with Gasteiger partial charge in [0.15, 0.2) is 0 Å². The van der Waals surface area contributed by atoms with Crippen molar-refractivity contribution in [2.24, 2.45) is 0 Å². The number of rotatable bonds is 7. The minimum Gasteiger partial charge on any atom is -0.480 e. The molecule has 112 valence electrons. The average molecular weight is 301 g/mol. The first-order valence-electron chi connectivity index (χ1n) is 6.27. The fraction of sp³-hybridized carbons (Fsp3) is 0.462. The maximum atomic E-state index is 12.0. The summed E-state index contributed by atoms with van der Waals surface area (Å²) in [6.45, 7) is 3.27. The van der Waals surface area contributed by atoms with Crippen LogP contribution in [0.15, 0.2) is 29.2 Å². The second-order valence-electron chi connectivity index (χ2n) is 4.57. The quantitative estimate of drug-likeness (QED) is 0.695. The van der Waals surface area contributed by atoms with Crippen molar-refractivity contribution < 1.29 is 23.4 Å². The highest BCUT2D eigenvalue weighted by molar-refractivity contribution is 7.89. The third kappa shape index (κ3) is 4.03. The Morgan fingerprint density at radius 2 is 1.85 bits per heavy atom. The van der Waals surface area contributed by atoms with E-state index in [0.717, 1.165) is 12.0 Å². The summed E-state index contributed by atoms with van der Waals surface area (Å²) in [5.41, 5.74) is 1.02. The molecule has 20 heavy (non-hydrogen) atoms. The van der Waals surface area contributed by atoms with Crippen LogP contribution in [-0.2, 0) is 14.8 Å². The fourth-order valence-corrected chi connectivity index (χ4v) is 2.81. The van der Waals surface area contributed by atoms with Crippen LogP contribution >= 0.6 is 0 Å². The van der Waals surface area contributed by atoms with Gasteiger partial charge in [0.05, 0.1) is 11.5 Å². The van der Waals surface area contributed by atoms with Crippen molar-refractivity contribution in [3.8, 4) is 0 Å². The monoisotopic (exact) mass is 301 g/mol. The molecule has 1 aromatic carbocycles. The summed E-state index contributed by atoms with van der Waals surface area (Å²) in [5.74, 6) is -1.10. The van der Waals surface area contributed by atoms with Gasteiger partial charge in [0, 0.05) is 0 Å². The molecule has 6 nitrogen and oxygen atoms in total. The number of aliphatic hydroxyl groups excluding tert-OH is 1. The summed E-state index contributed by atoms with van der Waals surface area (Å²) in [7, 11) is -3.96. The zero-order valence-electron chi connectivity index (χ0n) is 11.4. The Balaban J connectivity index is 2.96. The molecule has 0 radical (unpaired) electrons. The SMILES string of the molecule is CCC(C)c1ccc(S(=O)(=O)NC(CO)C(=O)O)cc1. The maximum Gasteiger partial charge on any atom is 0.324 e. The molecule has 1 aromatic rings. The van der Waals surface area contributed by atoms with Crippen molar-refractivity contribution in [1.29, 1.82) is 0 Å². The van der Waals surface area contributed by atoms with Crippen LogP contribution in [0.3, 0.4) is 0 Å². The molecule has 0 aliphatic rings. The zero-order valence-corrected chi connectivity index (χ0v) is 12.2. The summed E-state index contributed by atoms with van der Waals surface area (Å²) in [5, 5.41) is 17.6. The normalized spacial score (nSPS) is 14.8. The van der Waals surface area contributed by atoms with Gasteiger partial charge >= 0.3 is 5.97 Å². The van der Waals surface area contributed by atoms with Gasteiger partial charge in [-0.05, 0) is 30.0 Å². The third-order valence-electron chi connectivity index (χ3n) is 3.15. The van der Waals surface area contributed by atoms with Crippen LogP contribution in [0.4, 0.5) is 0 Å². The van der Waals surface area contributed by atoms with Crippen LogP contribution in [0, 0.1) is 0 Å². The van der Waals surface area contributed by atoms with Crippen LogP contribution in [0.5, 0.6) is 0 Å². The molecule has 0 amide bonds. The van der Waals surface area contributed by atoms with Crippen molar-refractivity contribution in [3.63, 3.8) is 0 Å². The van der Waals surface area contributed by atoms with E-state index in [-0.39, 0.29) is 4.90 Å². The maximum absolute atomic E-state index is 12.0. The van der Waals surface area contributed by atoms with Gasteiger partial charge in [-0.2, -0.15) is 4.72 Å². The molecule has 2 atom stereocenters. The topological polar surface area (TPSA) is 104 Å². The van der Waals surface area contributed by atoms with Crippen molar-refractivity contribution >= 4 is 16.0 Å². The molecule has 0 aliphatic carbocycles. The smallest absolute Gasteiger partial charge is 0.324 e. The molecule has 0 aliphatic heterocycles. The molecule has 0 saturated carbocycles. The highest BCUT2D eigenvalue weighted by atomic mass is 32.2. The highest BCUT2D eigenvalue weighted by Gasteiger charge is 2.24. The predicted octanol–water partition coefficient (Wildman–Crippen LogP) is 0.924. The van der Waals surface area contributed by atoms with Crippen molar-refractivity contribution in [2.75, 3.05) is 6.61 Å². The van der Waals surface area contributed by atoms with E-state index in [9.17, 15) is 13.2 Å². The summed E-state index contributed by atoms with van der Waals surface area (Å²) < 4.78 is 25.9. The van der Waals surface area contributed by atoms with Crippen molar-refractivity contribution in [3.05, 3.63) is 29.8 Å². The number of benzene rings is 1. The Hall–Kier alpha value is -1.44. The first-order valence-corrected chi connectivity index (χ1v) is 7.76. The summed E-state index contributed by atoms with van der Waals surface area (Å²) in [4.78, 5) is 10.7. The van der Waals surface area contributed by atoms with Gasteiger partial charge in [0.2, 0.25) is 10.0 Å². The van der Waals surface area contributed by atoms with E-state index in [1.165, 1.54) is 12.1 Å². The van der Waals surface area contributed by atoms with Gasteiger partial charge < -0.3 is 10.2 Å². The lowest BCUT2D eigenvalue weighted by atomic mass is 9.99. The molecular formula is C13H19NO5S. The molecular weight excluding hydrogens is 282 g/mol. The molecule has 3 N–H and O–H groups in total. The van der Waals surface area contributed by atoms with E-state index >= 15 is 0 Å². The Bertz CT molecular complexity index is 553. The first-order chi connectivity index (χ1) is 9.31. The molecule has 0 bridgehead atoms. The van der Waals surface area contributed by atoms with Crippen LogP contribution in [0.1, 0.15) is 31.7 Å². The predicted molar refractivity (Wildman–Crippen MR) is 74.0 cm³/mol. The number of nitrogens with one attached hydrogen (secondary N) is 1. The van der Waals surface area contributed by atoms with Gasteiger partial charge in [-0.3, -0.25) is 4.79 Å². The minimum absolute atomic E-state index is 0.0238. The van der Waals surface area contributed by atoms with Gasteiger partial charge in [0.1, 0.15) is 6.04 Å². The number of aliphatic carboxylic acids is 1. The Labute approximate surface area is 118 Å². The molecule has 0 fully saturated rings. The Kier molecular flexibility index (Phi) is 5.67. The fourth-order valence-electron chi connectivity index (χ4n) is 1.63. The van der Waals surface area contributed by atoms with Crippen molar-refractivity contribution in [2.45, 2.75) is 37.1 Å². The van der Waals surface area contributed by atoms with Crippen LogP contribution in [0.2, 0.25) is 0 Å². The van der Waals surface area contributed by atoms with Crippen molar-refractivity contribution in [1.82, 2.24) is 4.72 Å². The van der Waals surface area contributed by atoms with E-state index in [1.54, 1.807) is 12.1 Å². The van der Waals surface area contributed by atoms with Crippen LogP contribution in [-0.4, -0.2) is 37.2 Å². The number of sulfonamides is 1. The van der Waals surface area contributed by atoms with E-state index in [2.05, 4.69) is 0 Å². The molecule has 1 rings (SSSR count). The third-order valence-corrected chi connectivity index (χ3v) is 4.64.